The van der Waals surface area contributed by atoms with Gasteiger partial charge in [0.15, 0.2) is 0 Å². The fraction of sp³-hybridized carbons (Fsp3) is 0.0909. The standard InChI is InChI=1S/C44H32N2/c1-27-21-23-35-37(25-27)39(33-19-11-9-17-31(33)29-13-5-3-6-14-29)43-41(35)45-44-40(38-26-28(2)22-24-36(38)42(44)46-43)34-20-12-10-18-32(34)30-15-7-4-8-16-30/h3-26,39-40H,1-2H3. The Labute approximate surface area is 270 Å². The summed E-state index contributed by atoms with van der Waals surface area (Å²) in [5, 5.41) is 0. The van der Waals surface area contributed by atoms with Crippen LogP contribution in [0.15, 0.2) is 146 Å². The summed E-state index contributed by atoms with van der Waals surface area (Å²) < 4.78 is 0. The van der Waals surface area contributed by atoms with Crippen LogP contribution < -0.4 is 0 Å². The molecule has 0 radical (unpaired) electrons. The lowest BCUT2D eigenvalue weighted by Gasteiger charge is -2.20. The monoisotopic (exact) mass is 588 g/mol. The molecule has 0 aliphatic heterocycles. The molecule has 2 aliphatic rings. The van der Waals surface area contributed by atoms with E-state index in [0.717, 1.165) is 22.8 Å². The SMILES string of the molecule is Cc1ccc2c(c1)C(c1ccccc1-c1ccccc1)c1nc3c(nc1-2)C(c1ccccc1-c1ccccc1)c1cc(C)ccc1-3. The van der Waals surface area contributed by atoms with E-state index in [1.54, 1.807) is 0 Å². The van der Waals surface area contributed by atoms with Crippen LogP contribution in [0.25, 0.3) is 44.8 Å². The molecule has 0 amide bonds. The smallest absolute Gasteiger partial charge is 0.0934 e. The third-order valence-corrected chi connectivity index (χ3v) is 9.76. The van der Waals surface area contributed by atoms with Gasteiger partial charge in [0.05, 0.1) is 34.6 Å². The molecular weight excluding hydrogens is 556 g/mol. The number of hydrogen-bond acceptors (Lipinski definition) is 2. The number of hydrogen-bond donors (Lipinski definition) is 0. The zero-order chi connectivity index (χ0) is 30.8. The van der Waals surface area contributed by atoms with Gasteiger partial charge < -0.3 is 0 Å². The van der Waals surface area contributed by atoms with Gasteiger partial charge >= 0.3 is 0 Å². The van der Waals surface area contributed by atoms with E-state index in [-0.39, 0.29) is 11.8 Å². The molecule has 7 aromatic rings. The maximum atomic E-state index is 5.66. The van der Waals surface area contributed by atoms with Crippen LogP contribution in [-0.4, -0.2) is 9.97 Å². The van der Waals surface area contributed by atoms with Crippen molar-refractivity contribution in [2.75, 3.05) is 0 Å². The number of nitrogens with zero attached hydrogens (tertiary/aromatic N) is 2. The van der Waals surface area contributed by atoms with E-state index in [1.807, 2.05) is 0 Å². The molecule has 2 heteroatoms. The molecule has 9 rings (SSSR count). The minimum atomic E-state index is -0.0105. The van der Waals surface area contributed by atoms with Crippen molar-refractivity contribution >= 4 is 0 Å². The van der Waals surface area contributed by atoms with Crippen LogP contribution in [0.4, 0.5) is 0 Å². The summed E-state index contributed by atoms with van der Waals surface area (Å²) in [6, 6.07) is 52.7. The van der Waals surface area contributed by atoms with Crippen LogP contribution in [0.3, 0.4) is 0 Å². The first kappa shape index (κ1) is 26.8. The molecule has 218 valence electrons. The largest absolute Gasteiger partial charge is 0.248 e. The summed E-state index contributed by atoms with van der Waals surface area (Å²) in [6.45, 7) is 4.36. The Morgan fingerprint density at radius 2 is 0.761 bits per heavy atom. The van der Waals surface area contributed by atoms with Crippen LogP contribution in [0.1, 0.15) is 56.6 Å². The first-order valence-electron chi connectivity index (χ1n) is 16.1. The quantitative estimate of drug-likeness (QED) is 0.204. The molecule has 1 heterocycles. The molecule has 0 saturated carbocycles. The molecule has 2 nitrogen and oxygen atoms in total. The van der Waals surface area contributed by atoms with Crippen molar-refractivity contribution in [3.8, 4) is 44.8 Å². The number of rotatable bonds is 4. The van der Waals surface area contributed by atoms with Crippen LogP contribution >= 0.6 is 0 Å². The summed E-state index contributed by atoms with van der Waals surface area (Å²) in [5.74, 6) is -0.0210. The lowest BCUT2D eigenvalue weighted by Crippen LogP contribution is -2.08. The molecule has 2 unspecified atom stereocenters. The fourth-order valence-electron chi connectivity index (χ4n) is 7.72. The molecule has 0 saturated heterocycles. The second kappa shape index (κ2) is 10.5. The molecule has 6 aromatic carbocycles. The predicted octanol–water partition coefficient (Wildman–Crippen LogP) is 10.7. The maximum Gasteiger partial charge on any atom is 0.0934 e. The highest BCUT2D eigenvalue weighted by atomic mass is 14.9. The fourth-order valence-corrected chi connectivity index (χ4v) is 7.72. The molecule has 0 bridgehead atoms. The molecule has 0 spiro atoms. The van der Waals surface area contributed by atoms with E-state index in [0.29, 0.717) is 0 Å². The van der Waals surface area contributed by atoms with Gasteiger partial charge in [0.25, 0.3) is 0 Å². The number of aryl methyl sites for hydroxylation is 2. The molecule has 2 aliphatic carbocycles. The van der Waals surface area contributed by atoms with Gasteiger partial charge in [-0.2, -0.15) is 0 Å². The van der Waals surface area contributed by atoms with E-state index in [1.165, 1.54) is 66.8 Å². The third kappa shape index (κ3) is 4.10. The summed E-state index contributed by atoms with van der Waals surface area (Å²) in [5.41, 5.74) is 19.0. The average molecular weight is 589 g/mol. The number of aromatic nitrogens is 2. The topological polar surface area (TPSA) is 25.8 Å². The van der Waals surface area contributed by atoms with Crippen LogP contribution in [0.2, 0.25) is 0 Å². The predicted molar refractivity (Wildman–Crippen MR) is 188 cm³/mol. The molecule has 2 atom stereocenters. The summed E-state index contributed by atoms with van der Waals surface area (Å²) in [4.78, 5) is 11.3. The first-order valence-corrected chi connectivity index (χ1v) is 16.1. The zero-order valence-corrected chi connectivity index (χ0v) is 25.9. The Morgan fingerprint density at radius 1 is 0.370 bits per heavy atom. The van der Waals surface area contributed by atoms with Crippen molar-refractivity contribution in [1.29, 1.82) is 0 Å². The van der Waals surface area contributed by atoms with Crippen molar-refractivity contribution in [3.05, 3.63) is 190 Å². The zero-order valence-electron chi connectivity index (χ0n) is 25.9. The van der Waals surface area contributed by atoms with Gasteiger partial charge in [-0.25, -0.2) is 9.97 Å². The number of benzene rings is 6. The van der Waals surface area contributed by atoms with Gasteiger partial charge in [-0.1, -0.05) is 157 Å². The number of fused-ring (bicyclic) bond motifs is 6. The highest BCUT2D eigenvalue weighted by Gasteiger charge is 2.40. The van der Waals surface area contributed by atoms with Crippen molar-refractivity contribution in [2.24, 2.45) is 0 Å². The normalized spacial score (nSPS) is 15.6. The first-order chi connectivity index (χ1) is 22.7. The average Bonchev–Trinajstić information content (AvgIpc) is 3.58. The van der Waals surface area contributed by atoms with Crippen LogP contribution in [-0.2, 0) is 0 Å². The molecule has 1 aromatic heterocycles. The van der Waals surface area contributed by atoms with Gasteiger partial charge in [0.1, 0.15) is 0 Å². The third-order valence-electron chi connectivity index (χ3n) is 9.76. The van der Waals surface area contributed by atoms with Gasteiger partial charge in [-0.15, -0.1) is 0 Å². The summed E-state index contributed by atoms with van der Waals surface area (Å²) in [6.07, 6.45) is 0. The van der Waals surface area contributed by atoms with E-state index < -0.39 is 0 Å². The maximum absolute atomic E-state index is 5.66. The molecular formula is C44H32N2. The minimum Gasteiger partial charge on any atom is -0.248 e. The lowest BCUT2D eigenvalue weighted by atomic mass is 9.85. The van der Waals surface area contributed by atoms with Crippen LogP contribution in [0, 0.1) is 13.8 Å². The van der Waals surface area contributed by atoms with E-state index >= 15 is 0 Å². The Hall–Kier alpha value is -5.60. The van der Waals surface area contributed by atoms with Gasteiger partial charge in [-0.05, 0) is 58.4 Å². The molecule has 0 fully saturated rings. The van der Waals surface area contributed by atoms with E-state index in [4.69, 9.17) is 9.97 Å². The second-order valence-electron chi connectivity index (χ2n) is 12.6. The minimum absolute atomic E-state index is 0.0105. The highest BCUT2D eigenvalue weighted by molar-refractivity contribution is 5.85. The van der Waals surface area contributed by atoms with Crippen molar-refractivity contribution < 1.29 is 0 Å². The Morgan fingerprint density at radius 3 is 1.20 bits per heavy atom. The van der Waals surface area contributed by atoms with Crippen molar-refractivity contribution in [3.63, 3.8) is 0 Å². The van der Waals surface area contributed by atoms with E-state index in [2.05, 4.69) is 159 Å². The highest BCUT2D eigenvalue weighted by Crippen LogP contribution is 2.54. The summed E-state index contributed by atoms with van der Waals surface area (Å²) >= 11 is 0. The van der Waals surface area contributed by atoms with Crippen molar-refractivity contribution in [1.82, 2.24) is 9.97 Å². The second-order valence-corrected chi connectivity index (χ2v) is 12.6. The Bertz CT molecular complexity index is 2120. The van der Waals surface area contributed by atoms with Crippen LogP contribution in [0.5, 0.6) is 0 Å². The van der Waals surface area contributed by atoms with Gasteiger partial charge in [-0.3, -0.25) is 0 Å². The Kier molecular flexibility index (Phi) is 6.11. The van der Waals surface area contributed by atoms with Crippen molar-refractivity contribution in [2.45, 2.75) is 25.7 Å². The summed E-state index contributed by atoms with van der Waals surface area (Å²) in [7, 11) is 0. The Balaban J connectivity index is 1.31. The lowest BCUT2D eigenvalue weighted by molar-refractivity contribution is 0.909. The van der Waals surface area contributed by atoms with Gasteiger partial charge in [0, 0.05) is 11.1 Å². The molecule has 0 N–H and O–H groups in total. The van der Waals surface area contributed by atoms with E-state index in [9.17, 15) is 0 Å². The molecule has 46 heavy (non-hydrogen) atoms. The van der Waals surface area contributed by atoms with Gasteiger partial charge in [0.2, 0.25) is 0 Å².